The highest BCUT2D eigenvalue weighted by molar-refractivity contribution is 5.61. The number of benzene rings is 1. The lowest BCUT2D eigenvalue weighted by atomic mass is 10.1. The van der Waals surface area contributed by atoms with Crippen molar-refractivity contribution in [3.63, 3.8) is 0 Å². The molecule has 0 saturated carbocycles. The minimum absolute atomic E-state index is 0.638. The molecule has 18 heavy (non-hydrogen) atoms. The molecular formula is C14H17N3O. The molecule has 0 unspecified atom stereocenters. The van der Waals surface area contributed by atoms with Crippen molar-refractivity contribution in [2.45, 2.75) is 13.8 Å². The summed E-state index contributed by atoms with van der Waals surface area (Å²) < 4.78 is 5.42. The molecule has 0 bridgehead atoms. The van der Waals surface area contributed by atoms with Crippen LogP contribution in [0.2, 0.25) is 0 Å². The van der Waals surface area contributed by atoms with E-state index in [9.17, 15) is 0 Å². The number of aryl methyl sites for hydroxylation is 1. The monoisotopic (exact) mass is 243 g/mol. The molecule has 4 heteroatoms. The van der Waals surface area contributed by atoms with Gasteiger partial charge in [0.2, 0.25) is 5.95 Å². The molecule has 0 atom stereocenters. The van der Waals surface area contributed by atoms with Gasteiger partial charge in [0.15, 0.2) is 0 Å². The molecular weight excluding hydrogens is 226 g/mol. The van der Waals surface area contributed by atoms with E-state index < -0.39 is 0 Å². The fraction of sp³-hybridized carbons (Fsp3) is 0.286. The predicted octanol–water partition coefficient (Wildman–Crippen LogP) is 2.89. The Morgan fingerprint density at radius 2 is 1.89 bits per heavy atom. The molecule has 0 spiro atoms. The van der Waals surface area contributed by atoms with E-state index in [2.05, 4.69) is 15.3 Å². The van der Waals surface area contributed by atoms with Crippen LogP contribution in [0.4, 0.5) is 5.95 Å². The van der Waals surface area contributed by atoms with E-state index in [1.807, 2.05) is 51.2 Å². The molecule has 2 aromatic rings. The third-order valence-corrected chi connectivity index (χ3v) is 2.54. The van der Waals surface area contributed by atoms with E-state index in [1.54, 1.807) is 0 Å². The highest BCUT2D eigenvalue weighted by atomic mass is 16.5. The number of aromatic nitrogens is 2. The molecule has 0 saturated heterocycles. The zero-order valence-corrected chi connectivity index (χ0v) is 10.9. The van der Waals surface area contributed by atoms with Gasteiger partial charge in [0.05, 0.1) is 12.3 Å². The Morgan fingerprint density at radius 1 is 1.17 bits per heavy atom. The second kappa shape index (κ2) is 5.49. The van der Waals surface area contributed by atoms with Gasteiger partial charge in [-0.2, -0.15) is 0 Å². The summed E-state index contributed by atoms with van der Waals surface area (Å²) >= 11 is 0. The van der Waals surface area contributed by atoms with Crippen LogP contribution < -0.4 is 10.1 Å². The fourth-order valence-electron chi connectivity index (χ4n) is 1.72. The molecule has 0 aliphatic carbocycles. The molecule has 4 nitrogen and oxygen atoms in total. The van der Waals surface area contributed by atoms with Crippen LogP contribution in [0.15, 0.2) is 30.3 Å². The van der Waals surface area contributed by atoms with Crippen molar-refractivity contribution in [3.05, 3.63) is 36.0 Å². The van der Waals surface area contributed by atoms with Crippen molar-refractivity contribution in [1.82, 2.24) is 9.97 Å². The van der Waals surface area contributed by atoms with Crippen molar-refractivity contribution < 1.29 is 4.74 Å². The Labute approximate surface area is 107 Å². The Hall–Kier alpha value is -2.10. The Balaban J connectivity index is 2.33. The van der Waals surface area contributed by atoms with E-state index in [1.165, 1.54) is 0 Å². The van der Waals surface area contributed by atoms with Gasteiger partial charge >= 0.3 is 0 Å². The topological polar surface area (TPSA) is 47.0 Å². The third kappa shape index (κ3) is 2.77. The van der Waals surface area contributed by atoms with Gasteiger partial charge in [0, 0.05) is 18.3 Å². The minimum Gasteiger partial charge on any atom is -0.494 e. The second-order valence-electron chi connectivity index (χ2n) is 3.93. The first-order valence-electron chi connectivity index (χ1n) is 5.99. The summed E-state index contributed by atoms with van der Waals surface area (Å²) in [6.45, 7) is 4.61. The lowest BCUT2D eigenvalue weighted by Crippen LogP contribution is -1.99. The summed E-state index contributed by atoms with van der Waals surface area (Å²) in [5, 5.41) is 2.96. The standard InChI is InChI=1S/C14H17N3O/c1-4-18-12-7-5-11(6-8-12)13-9-10(2)16-14(15-3)17-13/h5-9H,4H2,1-3H3,(H,15,16,17). The van der Waals surface area contributed by atoms with E-state index in [4.69, 9.17) is 4.74 Å². The Bertz CT molecular complexity index is 523. The van der Waals surface area contributed by atoms with Gasteiger partial charge < -0.3 is 10.1 Å². The van der Waals surface area contributed by atoms with Gasteiger partial charge in [-0.1, -0.05) is 0 Å². The number of nitrogens with one attached hydrogen (secondary N) is 1. The maximum atomic E-state index is 5.42. The number of hydrogen-bond donors (Lipinski definition) is 1. The molecule has 94 valence electrons. The largest absolute Gasteiger partial charge is 0.494 e. The van der Waals surface area contributed by atoms with Crippen LogP contribution in [0.1, 0.15) is 12.6 Å². The Kier molecular flexibility index (Phi) is 3.77. The summed E-state index contributed by atoms with van der Waals surface area (Å²) in [6.07, 6.45) is 0. The Morgan fingerprint density at radius 3 is 2.50 bits per heavy atom. The number of hydrogen-bond acceptors (Lipinski definition) is 4. The average molecular weight is 243 g/mol. The summed E-state index contributed by atoms with van der Waals surface area (Å²) in [5.41, 5.74) is 2.91. The van der Waals surface area contributed by atoms with Crippen molar-refractivity contribution in [2.24, 2.45) is 0 Å². The zero-order valence-electron chi connectivity index (χ0n) is 10.9. The number of anilines is 1. The quantitative estimate of drug-likeness (QED) is 0.897. The molecule has 0 aliphatic rings. The van der Waals surface area contributed by atoms with Gasteiger partial charge in [-0.15, -0.1) is 0 Å². The maximum absolute atomic E-state index is 5.42. The predicted molar refractivity (Wildman–Crippen MR) is 72.9 cm³/mol. The van der Waals surface area contributed by atoms with Gasteiger partial charge in [0.1, 0.15) is 5.75 Å². The number of ether oxygens (including phenoxy) is 1. The van der Waals surface area contributed by atoms with E-state index in [0.29, 0.717) is 12.6 Å². The van der Waals surface area contributed by atoms with Crippen LogP contribution in [-0.4, -0.2) is 23.6 Å². The molecule has 2 rings (SSSR count). The summed E-state index contributed by atoms with van der Waals surface area (Å²) in [7, 11) is 1.82. The minimum atomic E-state index is 0.638. The number of rotatable bonds is 4. The van der Waals surface area contributed by atoms with E-state index >= 15 is 0 Å². The third-order valence-electron chi connectivity index (χ3n) is 2.54. The van der Waals surface area contributed by atoms with Crippen molar-refractivity contribution in [1.29, 1.82) is 0 Å². The average Bonchev–Trinajstić information content (AvgIpc) is 2.39. The summed E-state index contributed by atoms with van der Waals surface area (Å²) in [4.78, 5) is 8.71. The van der Waals surface area contributed by atoms with Crippen LogP contribution in [0.3, 0.4) is 0 Å². The summed E-state index contributed by atoms with van der Waals surface area (Å²) in [6, 6.07) is 9.89. The molecule has 1 heterocycles. The highest BCUT2D eigenvalue weighted by Crippen LogP contribution is 2.22. The number of nitrogens with zero attached hydrogens (tertiary/aromatic N) is 2. The van der Waals surface area contributed by atoms with Crippen LogP contribution in [0.5, 0.6) is 5.75 Å². The van der Waals surface area contributed by atoms with Crippen LogP contribution in [0, 0.1) is 6.92 Å². The molecule has 1 aromatic heterocycles. The highest BCUT2D eigenvalue weighted by Gasteiger charge is 2.04. The second-order valence-corrected chi connectivity index (χ2v) is 3.93. The van der Waals surface area contributed by atoms with Gasteiger partial charge in [-0.05, 0) is 44.2 Å². The first-order valence-corrected chi connectivity index (χ1v) is 5.99. The zero-order chi connectivity index (χ0) is 13.0. The SMILES string of the molecule is CCOc1ccc(-c2cc(C)nc(NC)n2)cc1. The van der Waals surface area contributed by atoms with Gasteiger partial charge in [-0.3, -0.25) is 0 Å². The van der Waals surface area contributed by atoms with E-state index in [0.717, 1.165) is 22.7 Å². The first kappa shape index (κ1) is 12.4. The molecule has 0 radical (unpaired) electrons. The van der Waals surface area contributed by atoms with E-state index in [-0.39, 0.29) is 0 Å². The summed E-state index contributed by atoms with van der Waals surface area (Å²) in [5.74, 6) is 1.51. The van der Waals surface area contributed by atoms with Gasteiger partial charge in [0.25, 0.3) is 0 Å². The van der Waals surface area contributed by atoms with Crippen LogP contribution in [0.25, 0.3) is 11.3 Å². The van der Waals surface area contributed by atoms with Crippen LogP contribution in [-0.2, 0) is 0 Å². The molecule has 0 aliphatic heterocycles. The lowest BCUT2D eigenvalue weighted by Gasteiger charge is -2.07. The fourth-order valence-corrected chi connectivity index (χ4v) is 1.72. The first-order chi connectivity index (χ1) is 8.72. The van der Waals surface area contributed by atoms with Crippen molar-refractivity contribution in [3.8, 4) is 17.0 Å². The molecule has 0 fully saturated rings. The van der Waals surface area contributed by atoms with Crippen molar-refractivity contribution >= 4 is 5.95 Å². The lowest BCUT2D eigenvalue weighted by molar-refractivity contribution is 0.340. The smallest absolute Gasteiger partial charge is 0.223 e. The van der Waals surface area contributed by atoms with Crippen LogP contribution >= 0.6 is 0 Å². The molecule has 1 aromatic carbocycles. The molecule has 0 amide bonds. The normalized spacial score (nSPS) is 10.2. The van der Waals surface area contributed by atoms with Crippen molar-refractivity contribution in [2.75, 3.05) is 19.0 Å². The maximum Gasteiger partial charge on any atom is 0.223 e. The molecule has 1 N–H and O–H groups in total. The van der Waals surface area contributed by atoms with Gasteiger partial charge in [-0.25, -0.2) is 9.97 Å².